The molecule has 2 heterocycles. The molecule has 0 aliphatic rings. The smallest absolute Gasteiger partial charge is 0.318 e. The predicted molar refractivity (Wildman–Crippen MR) is 139 cm³/mol. The van der Waals surface area contributed by atoms with E-state index < -0.39 is 0 Å². The Morgan fingerprint density at radius 3 is 2.51 bits per heavy atom. The van der Waals surface area contributed by atoms with Crippen molar-refractivity contribution in [2.24, 2.45) is 0 Å². The lowest BCUT2D eigenvalue weighted by molar-refractivity contribution is 0.203. The maximum atomic E-state index is 13.0. The molecule has 3 aromatic carbocycles. The van der Waals surface area contributed by atoms with Crippen LogP contribution in [0.5, 0.6) is 0 Å². The van der Waals surface area contributed by atoms with Crippen LogP contribution in [-0.2, 0) is 6.54 Å². The number of aromatic amines is 1. The van der Waals surface area contributed by atoms with Gasteiger partial charge >= 0.3 is 6.03 Å². The third-order valence-corrected chi connectivity index (χ3v) is 6.09. The molecule has 5 aromatic rings. The maximum Gasteiger partial charge on any atom is 0.318 e. The second-order valence-corrected chi connectivity index (χ2v) is 8.89. The topological polar surface area (TPSA) is 78.8 Å². The Morgan fingerprint density at radius 2 is 1.77 bits per heavy atom. The predicted octanol–water partition coefficient (Wildman–Crippen LogP) is 5.97. The van der Waals surface area contributed by atoms with Gasteiger partial charge < -0.3 is 15.2 Å². The molecular formula is C27H25ClN6O. The molecule has 35 heavy (non-hydrogen) atoms. The zero-order valence-corrected chi connectivity index (χ0v) is 20.2. The molecule has 0 spiro atoms. The number of nitrogens with one attached hydrogen (secondary N) is 2. The number of carbonyl (C=O) groups excluding carboxylic acids is 1. The van der Waals surface area contributed by atoms with E-state index >= 15 is 0 Å². The molecule has 0 saturated heterocycles. The number of fused-ring (bicyclic) bond motifs is 1. The first kappa shape index (κ1) is 22.7. The summed E-state index contributed by atoms with van der Waals surface area (Å²) in [6, 6.07) is 24.8. The quantitative estimate of drug-likeness (QED) is 0.311. The summed E-state index contributed by atoms with van der Waals surface area (Å²) in [6.45, 7) is 2.29. The molecule has 0 fully saturated rings. The largest absolute Gasteiger partial charge is 0.340 e. The molecule has 2 aromatic heterocycles. The number of rotatable bonds is 6. The number of H-pyrrole nitrogens is 1. The maximum absolute atomic E-state index is 13.0. The van der Waals surface area contributed by atoms with Gasteiger partial charge in [0.05, 0.1) is 35.0 Å². The number of amides is 2. The minimum Gasteiger partial charge on any atom is -0.340 e. The average Bonchev–Trinajstić information content (AvgIpc) is 3.50. The number of nitrogens with zero attached hydrogens (tertiary/aromatic N) is 4. The molecule has 1 atom stereocenters. The molecule has 7 nitrogen and oxygen atoms in total. The zero-order chi connectivity index (χ0) is 24.4. The van der Waals surface area contributed by atoms with Gasteiger partial charge in [0.1, 0.15) is 5.82 Å². The van der Waals surface area contributed by atoms with Crippen molar-refractivity contribution in [1.82, 2.24) is 30.0 Å². The Labute approximate surface area is 208 Å². The van der Waals surface area contributed by atoms with Crippen molar-refractivity contribution in [2.45, 2.75) is 19.5 Å². The molecule has 2 amide bonds. The highest BCUT2D eigenvalue weighted by atomic mass is 35.5. The minimum absolute atomic E-state index is 0.201. The molecular weight excluding hydrogens is 460 g/mol. The Bertz CT molecular complexity index is 1430. The van der Waals surface area contributed by atoms with Gasteiger partial charge in [0, 0.05) is 29.4 Å². The van der Waals surface area contributed by atoms with Gasteiger partial charge in [0.25, 0.3) is 0 Å². The van der Waals surface area contributed by atoms with Crippen LogP contribution in [0.4, 0.5) is 4.79 Å². The fourth-order valence-electron chi connectivity index (χ4n) is 3.96. The monoisotopic (exact) mass is 484 g/mol. The number of urea groups is 1. The normalized spacial score (nSPS) is 12.0. The number of imidazole rings is 1. The second-order valence-electron chi connectivity index (χ2n) is 8.46. The van der Waals surface area contributed by atoms with Crippen molar-refractivity contribution >= 4 is 28.7 Å². The van der Waals surface area contributed by atoms with Gasteiger partial charge in [-0.1, -0.05) is 54.1 Å². The van der Waals surface area contributed by atoms with E-state index in [2.05, 4.69) is 15.3 Å². The molecule has 1 unspecified atom stereocenters. The summed E-state index contributed by atoms with van der Waals surface area (Å²) in [5, 5.41) is 8.52. The number of carbonyl (C=O) groups is 1. The van der Waals surface area contributed by atoms with Crippen LogP contribution in [0.1, 0.15) is 24.4 Å². The van der Waals surface area contributed by atoms with E-state index in [4.69, 9.17) is 16.7 Å². The van der Waals surface area contributed by atoms with E-state index in [-0.39, 0.29) is 12.1 Å². The Kier molecular flexibility index (Phi) is 6.25. The lowest BCUT2D eigenvalue weighted by Crippen LogP contribution is -2.38. The SMILES string of the molecule is CC(NC(=O)N(C)Cc1cn(-c2ccccc2)nc1-c1ccc(Cl)cc1)c1nc2ccccc2[nH]1. The zero-order valence-electron chi connectivity index (χ0n) is 19.4. The van der Waals surface area contributed by atoms with Gasteiger partial charge in [-0.3, -0.25) is 0 Å². The van der Waals surface area contributed by atoms with E-state index in [1.807, 2.05) is 96.7 Å². The fraction of sp³-hybridized carbons (Fsp3) is 0.148. The molecule has 0 saturated carbocycles. The first-order chi connectivity index (χ1) is 17.0. The van der Waals surface area contributed by atoms with Gasteiger partial charge in [-0.05, 0) is 43.3 Å². The van der Waals surface area contributed by atoms with E-state index in [9.17, 15) is 4.79 Å². The van der Waals surface area contributed by atoms with E-state index in [0.29, 0.717) is 17.4 Å². The van der Waals surface area contributed by atoms with Crippen LogP contribution in [-0.4, -0.2) is 37.7 Å². The van der Waals surface area contributed by atoms with Crippen molar-refractivity contribution in [3.63, 3.8) is 0 Å². The summed E-state index contributed by atoms with van der Waals surface area (Å²) in [5.41, 5.74) is 5.42. The summed E-state index contributed by atoms with van der Waals surface area (Å²) in [6.07, 6.45) is 1.96. The highest BCUT2D eigenvalue weighted by Gasteiger charge is 2.19. The first-order valence-electron chi connectivity index (χ1n) is 11.3. The second kappa shape index (κ2) is 9.64. The van der Waals surface area contributed by atoms with Gasteiger partial charge in [-0.15, -0.1) is 0 Å². The molecule has 0 aliphatic heterocycles. The number of benzene rings is 3. The Hall–Kier alpha value is -4.10. The summed E-state index contributed by atoms with van der Waals surface area (Å²) in [5.74, 6) is 0.715. The van der Waals surface area contributed by atoms with Crippen LogP contribution >= 0.6 is 11.6 Å². The number of halogens is 1. The van der Waals surface area contributed by atoms with Crippen LogP contribution in [0, 0.1) is 0 Å². The van der Waals surface area contributed by atoms with E-state index in [1.165, 1.54) is 0 Å². The fourth-order valence-corrected chi connectivity index (χ4v) is 4.08. The van der Waals surface area contributed by atoms with E-state index in [1.54, 1.807) is 11.9 Å². The van der Waals surface area contributed by atoms with Crippen LogP contribution in [0.25, 0.3) is 28.0 Å². The summed E-state index contributed by atoms with van der Waals surface area (Å²) >= 11 is 6.10. The third kappa shape index (κ3) is 4.90. The van der Waals surface area contributed by atoms with Crippen molar-refractivity contribution in [1.29, 1.82) is 0 Å². The number of para-hydroxylation sites is 3. The van der Waals surface area contributed by atoms with Gasteiger partial charge in [0.15, 0.2) is 0 Å². The van der Waals surface area contributed by atoms with Crippen LogP contribution in [0.3, 0.4) is 0 Å². The van der Waals surface area contributed by atoms with Crippen molar-refractivity contribution in [3.8, 4) is 16.9 Å². The van der Waals surface area contributed by atoms with Crippen LogP contribution in [0.2, 0.25) is 5.02 Å². The highest BCUT2D eigenvalue weighted by Crippen LogP contribution is 2.26. The lowest BCUT2D eigenvalue weighted by Gasteiger charge is -2.20. The summed E-state index contributed by atoms with van der Waals surface area (Å²) in [7, 11) is 1.77. The highest BCUT2D eigenvalue weighted by molar-refractivity contribution is 6.30. The average molecular weight is 485 g/mol. The first-order valence-corrected chi connectivity index (χ1v) is 11.7. The number of aromatic nitrogens is 4. The third-order valence-electron chi connectivity index (χ3n) is 5.84. The molecule has 5 rings (SSSR count). The Morgan fingerprint density at radius 1 is 1.06 bits per heavy atom. The van der Waals surface area contributed by atoms with Gasteiger partial charge in [0.2, 0.25) is 0 Å². The van der Waals surface area contributed by atoms with Gasteiger partial charge in [-0.25, -0.2) is 14.5 Å². The number of hydrogen-bond donors (Lipinski definition) is 2. The van der Waals surface area contributed by atoms with Crippen molar-refractivity contribution in [2.75, 3.05) is 7.05 Å². The molecule has 0 aliphatic carbocycles. The van der Waals surface area contributed by atoms with E-state index in [0.717, 1.165) is 33.5 Å². The molecule has 0 radical (unpaired) electrons. The van der Waals surface area contributed by atoms with Crippen LogP contribution in [0.15, 0.2) is 85.1 Å². The molecule has 2 N–H and O–H groups in total. The van der Waals surface area contributed by atoms with Crippen LogP contribution < -0.4 is 5.32 Å². The van der Waals surface area contributed by atoms with Crippen molar-refractivity contribution < 1.29 is 4.79 Å². The molecule has 176 valence electrons. The summed E-state index contributed by atoms with van der Waals surface area (Å²) in [4.78, 5) is 22.6. The molecule has 8 heteroatoms. The van der Waals surface area contributed by atoms with Gasteiger partial charge in [-0.2, -0.15) is 5.10 Å². The van der Waals surface area contributed by atoms with Crippen molar-refractivity contribution in [3.05, 3.63) is 101 Å². The standard InChI is InChI=1S/C27H25ClN6O/c1-18(26-30-23-10-6-7-11-24(23)31-26)29-27(35)33(2)16-20-17-34(22-8-4-3-5-9-22)32-25(20)19-12-14-21(28)15-13-19/h3-15,17-18H,16H2,1-2H3,(H,29,35)(H,30,31). The Balaban J connectivity index is 1.37. The minimum atomic E-state index is -0.278. The lowest BCUT2D eigenvalue weighted by atomic mass is 10.1. The summed E-state index contributed by atoms with van der Waals surface area (Å²) < 4.78 is 1.84. The number of hydrogen-bond acceptors (Lipinski definition) is 3. The molecule has 0 bridgehead atoms.